The molecule has 188 valence electrons. The molecule has 0 fully saturated rings. The quantitative estimate of drug-likeness (QED) is 0.188. The number of benzene rings is 2. The van der Waals surface area contributed by atoms with Crippen LogP contribution in [0.2, 0.25) is 5.02 Å². The molecule has 1 N–H and O–H groups in total. The number of hydrogen-bond acceptors (Lipinski definition) is 7. The maximum absolute atomic E-state index is 12.8. The minimum Gasteiger partial charge on any atom is -0.506 e. The van der Waals surface area contributed by atoms with E-state index >= 15 is 0 Å². The average molecular weight is 640 g/mol. The lowest BCUT2D eigenvalue weighted by atomic mass is 10.1. The lowest BCUT2D eigenvalue weighted by molar-refractivity contribution is -0.138. The summed E-state index contributed by atoms with van der Waals surface area (Å²) < 4.78 is 17.4. The van der Waals surface area contributed by atoms with Crippen molar-refractivity contribution in [2.75, 3.05) is 19.8 Å². The van der Waals surface area contributed by atoms with E-state index in [0.29, 0.717) is 35.2 Å². The van der Waals surface area contributed by atoms with Crippen LogP contribution in [0.5, 0.6) is 11.5 Å². The number of halogens is 2. The van der Waals surface area contributed by atoms with E-state index in [-0.39, 0.29) is 33.6 Å². The second-order valence-electron chi connectivity index (χ2n) is 7.12. The zero-order valence-corrected chi connectivity index (χ0v) is 23.3. The van der Waals surface area contributed by atoms with Crippen molar-refractivity contribution in [1.82, 2.24) is 0 Å². The molecular formula is C26H23ClINO6S. The Morgan fingerprint density at radius 2 is 1.94 bits per heavy atom. The molecule has 0 aliphatic carbocycles. The summed E-state index contributed by atoms with van der Waals surface area (Å²) in [6, 6.07) is 10.1. The number of aliphatic imine (C=N–C) groups is 1. The Morgan fingerprint density at radius 1 is 1.19 bits per heavy atom. The molecule has 0 spiro atoms. The smallest absolute Gasteiger partial charge is 0.344 e. The predicted octanol–water partition coefficient (Wildman–Crippen LogP) is 6.61. The first-order chi connectivity index (χ1) is 17.3. The van der Waals surface area contributed by atoms with E-state index in [1.165, 1.54) is 6.07 Å². The van der Waals surface area contributed by atoms with Gasteiger partial charge in [0.2, 0.25) is 0 Å². The van der Waals surface area contributed by atoms with E-state index < -0.39 is 11.9 Å². The van der Waals surface area contributed by atoms with Gasteiger partial charge in [0.25, 0.3) is 5.91 Å². The van der Waals surface area contributed by atoms with E-state index in [2.05, 4.69) is 34.2 Å². The summed E-state index contributed by atoms with van der Waals surface area (Å²) >= 11 is 9.24. The maximum Gasteiger partial charge on any atom is 0.344 e. The number of esters is 1. The van der Waals surface area contributed by atoms with E-state index in [0.717, 1.165) is 15.3 Å². The molecule has 0 unspecified atom stereocenters. The summed E-state index contributed by atoms with van der Waals surface area (Å²) in [6.45, 7) is 8.01. The molecule has 0 saturated heterocycles. The van der Waals surface area contributed by atoms with Gasteiger partial charge in [0, 0.05) is 0 Å². The number of rotatable bonds is 9. The molecule has 1 aliphatic rings. The molecule has 10 heteroatoms. The molecule has 0 aromatic heterocycles. The number of hydrogen-bond donors (Lipinski definition) is 1. The topological polar surface area (TPSA) is 94.4 Å². The highest BCUT2D eigenvalue weighted by atomic mass is 127. The number of carbonyl (C=O) groups excluding carboxylic acids is 2. The van der Waals surface area contributed by atoms with Gasteiger partial charge in [0.05, 0.1) is 32.3 Å². The third kappa shape index (κ3) is 6.51. The fourth-order valence-corrected chi connectivity index (χ4v) is 5.16. The Morgan fingerprint density at radius 3 is 2.61 bits per heavy atom. The minimum absolute atomic E-state index is 0.0211. The molecule has 1 amide bonds. The van der Waals surface area contributed by atoms with Gasteiger partial charge >= 0.3 is 5.97 Å². The third-order valence-electron chi connectivity index (χ3n) is 4.65. The van der Waals surface area contributed by atoms with Crippen molar-refractivity contribution in [3.05, 3.63) is 85.0 Å². The highest BCUT2D eigenvalue weighted by Crippen LogP contribution is 2.41. The number of aliphatic hydroxyl groups excluding tert-OH is 1. The van der Waals surface area contributed by atoms with Crippen LogP contribution in [0.1, 0.15) is 29.8 Å². The van der Waals surface area contributed by atoms with Gasteiger partial charge in [-0.05, 0) is 72.3 Å². The second-order valence-corrected chi connectivity index (χ2v) is 9.72. The van der Waals surface area contributed by atoms with E-state index in [4.69, 9.17) is 25.8 Å². The lowest BCUT2D eigenvalue weighted by Gasteiger charge is -2.14. The Labute approximate surface area is 232 Å². The van der Waals surface area contributed by atoms with Gasteiger partial charge in [-0.15, -0.1) is 0 Å². The number of aliphatic hydroxyl groups is 1. The van der Waals surface area contributed by atoms with Crippen LogP contribution in [0.4, 0.5) is 0 Å². The van der Waals surface area contributed by atoms with Gasteiger partial charge in [0.1, 0.15) is 23.0 Å². The molecule has 1 aliphatic heterocycles. The van der Waals surface area contributed by atoms with Crippen LogP contribution >= 0.6 is 46.0 Å². The minimum atomic E-state index is -0.783. The van der Waals surface area contributed by atoms with Crippen molar-refractivity contribution < 1.29 is 28.9 Å². The van der Waals surface area contributed by atoms with Crippen LogP contribution in [-0.2, 0) is 9.53 Å². The number of nitrogens with zero attached hydrogens (tertiary/aromatic N) is 1. The molecule has 0 saturated carbocycles. The van der Waals surface area contributed by atoms with E-state index in [9.17, 15) is 14.7 Å². The fourth-order valence-electron chi connectivity index (χ4n) is 3.15. The molecule has 0 bridgehead atoms. The zero-order valence-electron chi connectivity index (χ0n) is 19.5. The Bertz CT molecular complexity index is 1290. The maximum atomic E-state index is 12.8. The highest BCUT2D eigenvalue weighted by Gasteiger charge is 2.34. The molecule has 0 atom stereocenters. The standard InChI is InChI=1S/C26H23ClINO6S/c1-4-11-35-23-18(28)12-15(13-19(23)33-5-2)14-20-22(30)21(26(32)34-6-3)25(36-20)29-24(31)16-9-7-8-10-17(16)27/h4,7-10,12-14,30H,1,5-6,11H2,2-3H3/b20-14-,29-25?. The first-order valence-electron chi connectivity index (χ1n) is 10.9. The van der Waals surface area contributed by atoms with Gasteiger partial charge < -0.3 is 19.3 Å². The van der Waals surface area contributed by atoms with Crippen LogP contribution in [0, 0.1) is 3.57 Å². The Kier molecular flexibility index (Phi) is 10.0. The number of carbonyl (C=O) groups is 2. The number of ether oxygens (including phenoxy) is 3. The van der Waals surface area contributed by atoms with E-state index in [1.807, 2.05) is 13.0 Å². The van der Waals surface area contributed by atoms with Crippen LogP contribution in [0.25, 0.3) is 6.08 Å². The first kappa shape index (κ1) is 27.8. The summed E-state index contributed by atoms with van der Waals surface area (Å²) in [5.41, 5.74) is 0.683. The van der Waals surface area contributed by atoms with Gasteiger partial charge in [-0.1, -0.05) is 48.2 Å². The predicted molar refractivity (Wildman–Crippen MR) is 151 cm³/mol. The van der Waals surface area contributed by atoms with Crippen molar-refractivity contribution in [2.24, 2.45) is 4.99 Å². The van der Waals surface area contributed by atoms with Gasteiger partial charge in [0.15, 0.2) is 11.5 Å². The van der Waals surface area contributed by atoms with Crippen LogP contribution in [0.3, 0.4) is 0 Å². The molecule has 36 heavy (non-hydrogen) atoms. The van der Waals surface area contributed by atoms with Gasteiger partial charge in [-0.3, -0.25) is 4.79 Å². The molecule has 3 rings (SSSR count). The normalized spacial score (nSPS) is 15.3. The monoisotopic (exact) mass is 639 g/mol. The number of thioether (sulfide) groups is 1. The van der Waals surface area contributed by atoms with Gasteiger partial charge in [-0.25, -0.2) is 9.79 Å². The van der Waals surface area contributed by atoms with Crippen LogP contribution in [0.15, 0.2) is 70.3 Å². The second kappa shape index (κ2) is 13.0. The van der Waals surface area contributed by atoms with Gasteiger partial charge in [-0.2, -0.15) is 0 Å². The highest BCUT2D eigenvalue weighted by molar-refractivity contribution is 14.1. The summed E-state index contributed by atoms with van der Waals surface area (Å²) in [4.78, 5) is 29.9. The Balaban J connectivity index is 2.05. The van der Waals surface area contributed by atoms with Crippen molar-refractivity contribution in [3.63, 3.8) is 0 Å². The van der Waals surface area contributed by atoms with Crippen LogP contribution < -0.4 is 9.47 Å². The molecular weight excluding hydrogens is 617 g/mol. The Hall–Kier alpha value is -2.76. The van der Waals surface area contributed by atoms with Crippen molar-refractivity contribution >= 4 is 68.9 Å². The molecule has 1 heterocycles. The van der Waals surface area contributed by atoms with Crippen LogP contribution in [-0.4, -0.2) is 41.8 Å². The molecule has 2 aromatic rings. The summed E-state index contributed by atoms with van der Waals surface area (Å²) in [5, 5.41) is 11.2. The third-order valence-corrected chi connectivity index (χ3v) is 6.80. The molecule has 0 radical (unpaired) electrons. The summed E-state index contributed by atoms with van der Waals surface area (Å²) in [7, 11) is 0. The zero-order chi connectivity index (χ0) is 26.2. The van der Waals surface area contributed by atoms with Crippen molar-refractivity contribution in [3.8, 4) is 11.5 Å². The SMILES string of the molecule is C=CCOc1c(I)cc(/C=C2\SC(=NC(=O)c3ccccc3Cl)C(C(=O)OCC)=C2O)cc1OCC. The van der Waals surface area contributed by atoms with Crippen molar-refractivity contribution in [2.45, 2.75) is 13.8 Å². The lowest BCUT2D eigenvalue weighted by Crippen LogP contribution is -2.14. The molecule has 2 aromatic carbocycles. The number of amides is 1. The first-order valence-corrected chi connectivity index (χ1v) is 13.2. The average Bonchev–Trinajstić information content (AvgIpc) is 3.13. The largest absolute Gasteiger partial charge is 0.506 e. The van der Waals surface area contributed by atoms with E-state index in [1.54, 1.807) is 43.3 Å². The summed E-state index contributed by atoms with van der Waals surface area (Å²) in [5.74, 6) is -0.648. The van der Waals surface area contributed by atoms with Crippen molar-refractivity contribution in [1.29, 1.82) is 0 Å². The summed E-state index contributed by atoms with van der Waals surface area (Å²) in [6.07, 6.45) is 3.31. The molecule has 7 nitrogen and oxygen atoms in total. The fraction of sp³-hybridized carbons (Fsp3) is 0.192.